The number of hydrogen-bond acceptors (Lipinski definition) is 4. The number of para-hydroxylation sites is 1. The van der Waals surface area contributed by atoms with Gasteiger partial charge in [-0.05, 0) is 36.4 Å². The molecule has 1 fully saturated rings. The summed E-state index contributed by atoms with van der Waals surface area (Å²) < 4.78 is 0.925. The molecule has 122 valence electrons. The molecule has 0 aliphatic carbocycles. The van der Waals surface area contributed by atoms with Gasteiger partial charge in [0.05, 0.1) is 5.69 Å². The summed E-state index contributed by atoms with van der Waals surface area (Å²) in [5, 5.41) is 10.4. The molecule has 1 atom stereocenters. The first kappa shape index (κ1) is 16.7. The Bertz CT molecular complexity index is 780. The first-order valence-electron chi connectivity index (χ1n) is 7.24. The van der Waals surface area contributed by atoms with Gasteiger partial charge in [0, 0.05) is 16.6 Å². The lowest BCUT2D eigenvalue weighted by Crippen LogP contribution is -2.33. The summed E-state index contributed by atoms with van der Waals surface area (Å²) in [5.74, 6) is -0.479. The lowest BCUT2D eigenvalue weighted by atomic mass is 10.2. The zero-order chi connectivity index (χ0) is 17.1. The van der Waals surface area contributed by atoms with Crippen LogP contribution in [-0.4, -0.2) is 22.2 Å². The molecule has 0 radical (unpaired) electrons. The Morgan fingerprint density at radius 3 is 2.50 bits per heavy atom. The molecule has 1 saturated heterocycles. The van der Waals surface area contributed by atoms with E-state index in [0.717, 1.165) is 16.2 Å². The van der Waals surface area contributed by atoms with Crippen molar-refractivity contribution in [3.63, 3.8) is 0 Å². The summed E-state index contributed by atoms with van der Waals surface area (Å²) in [4.78, 5) is 26.0. The maximum Gasteiger partial charge on any atom is 0.247 e. The first-order valence-corrected chi connectivity index (χ1v) is 8.91. The number of anilines is 2. The fraction of sp³-hybridized carbons (Fsp3) is 0.118. The fourth-order valence-electron chi connectivity index (χ4n) is 2.35. The molecular weight excluding hydrogens is 390 g/mol. The number of nitrogens with one attached hydrogen (secondary N) is 2. The minimum absolute atomic E-state index is 0.0330. The number of carbonyl (C=O) groups excluding carboxylic acids is 2. The van der Waals surface area contributed by atoms with Crippen LogP contribution < -0.4 is 10.2 Å². The van der Waals surface area contributed by atoms with Gasteiger partial charge in [-0.15, -0.1) is 0 Å². The quantitative estimate of drug-likeness (QED) is 0.813. The SMILES string of the molecule is N=C1SC(CC(=O)Nc2ccc(Br)cc2)C(=O)N1c1ccccc1. The molecule has 0 bridgehead atoms. The number of carbonyl (C=O) groups is 2. The van der Waals surface area contributed by atoms with Crippen LogP contribution in [0.15, 0.2) is 59.1 Å². The van der Waals surface area contributed by atoms with Crippen LogP contribution in [0, 0.1) is 5.41 Å². The summed E-state index contributed by atoms with van der Waals surface area (Å²) >= 11 is 4.45. The average Bonchev–Trinajstić information content (AvgIpc) is 2.84. The summed E-state index contributed by atoms with van der Waals surface area (Å²) in [7, 11) is 0. The van der Waals surface area contributed by atoms with Gasteiger partial charge >= 0.3 is 0 Å². The van der Waals surface area contributed by atoms with Gasteiger partial charge in [-0.2, -0.15) is 0 Å². The van der Waals surface area contributed by atoms with Crippen LogP contribution in [0.5, 0.6) is 0 Å². The Morgan fingerprint density at radius 2 is 1.83 bits per heavy atom. The van der Waals surface area contributed by atoms with Gasteiger partial charge in [0.2, 0.25) is 11.8 Å². The van der Waals surface area contributed by atoms with Crippen LogP contribution >= 0.6 is 27.7 Å². The Balaban J connectivity index is 1.65. The molecule has 2 aromatic rings. The van der Waals surface area contributed by atoms with Crippen LogP contribution in [0.2, 0.25) is 0 Å². The average molecular weight is 404 g/mol. The van der Waals surface area contributed by atoms with Crippen molar-refractivity contribution >= 4 is 56.0 Å². The van der Waals surface area contributed by atoms with E-state index in [9.17, 15) is 9.59 Å². The lowest BCUT2D eigenvalue weighted by molar-refractivity contribution is -0.121. The molecule has 7 heteroatoms. The van der Waals surface area contributed by atoms with Crippen molar-refractivity contribution in [1.82, 2.24) is 0 Å². The zero-order valence-corrected chi connectivity index (χ0v) is 14.9. The van der Waals surface area contributed by atoms with Gasteiger partial charge < -0.3 is 5.32 Å². The summed E-state index contributed by atoms with van der Waals surface area (Å²) in [6, 6.07) is 16.3. The van der Waals surface area contributed by atoms with Gasteiger partial charge in [-0.25, -0.2) is 0 Å². The summed E-state index contributed by atoms with van der Waals surface area (Å²) in [6.07, 6.45) is 0.0330. The number of nitrogens with zero attached hydrogens (tertiary/aromatic N) is 1. The second-order valence-corrected chi connectivity index (χ2v) is 7.29. The summed E-state index contributed by atoms with van der Waals surface area (Å²) in [6.45, 7) is 0. The number of rotatable bonds is 4. The van der Waals surface area contributed by atoms with E-state index in [0.29, 0.717) is 11.4 Å². The van der Waals surface area contributed by atoms with Crippen molar-refractivity contribution in [1.29, 1.82) is 5.41 Å². The molecule has 0 spiro atoms. The normalized spacial score (nSPS) is 17.2. The maximum absolute atomic E-state index is 12.5. The zero-order valence-electron chi connectivity index (χ0n) is 12.5. The molecule has 1 aliphatic heterocycles. The number of thioether (sulfide) groups is 1. The highest BCUT2D eigenvalue weighted by molar-refractivity contribution is 9.10. The first-order chi connectivity index (χ1) is 11.5. The van der Waals surface area contributed by atoms with Crippen LogP contribution in [0.1, 0.15) is 6.42 Å². The molecule has 2 aromatic carbocycles. The molecule has 2 N–H and O–H groups in total. The van der Waals surface area contributed by atoms with E-state index in [2.05, 4.69) is 21.2 Å². The van der Waals surface area contributed by atoms with Crippen molar-refractivity contribution in [3.05, 3.63) is 59.1 Å². The molecule has 3 rings (SSSR count). The van der Waals surface area contributed by atoms with E-state index in [4.69, 9.17) is 5.41 Å². The van der Waals surface area contributed by atoms with Crippen molar-refractivity contribution in [2.45, 2.75) is 11.7 Å². The van der Waals surface area contributed by atoms with Crippen LogP contribution in [0.25, 0.3) is 0 Å². The molecular formula is C17H14BrN3O2S. The number of halogens is 1. The number of hydrogen-bond donors (Lipinski definition) is 2. The van der Waals surface area contributed by atoms with Crippen LogP contribution in [0.3, 0.4) is 0 Å². The molecule has 1 aliphatic rings. The number of amides is 2. The fourth-order valence-corrected chi connectivity index (χ4v) is 3.62. The Kier molecular flexibility index (Phi) is 5.01. The molecule has 1 unspecified atom stereocenters. The molecule has 2 amide bonds. The summed E-state index contributed by atoms with van der Waals surface area (Å²) in [5.41, 5.74) is 1.32. The van der Waals surface area contributed by atoms with Crippen molar-refractivity contribution in [3.8, 4) is 0 Å². The molecule has 5 nitrogen and oxygen atoms in total. The van der Waals surface area contributed by atoms with Gasteiger partial charge in [0.25, 0.3) is 0 Å². The van der Waals surface area contributed by atoms with Crippen molar-refractivity contribution in [2.24, 2.45) is 0 Å². The third kappa shape index (κ3) is 3.68. The van der Waals surface area contributed by atoms with E-state index < -0.39 is 5.25 Å². The topological polar surface area (TPSA) is 73.3 Å². The van der Waals surface area contributed by atoms with Crippen molar-refractivity contribution in [2.75, 3.05) is 10.2 Å². The Labute approximate surface area is 152 Å². The third-order valence-corrected chi connectivity index (χ3v) is 5.05. The van der Waals surface area contributed by atoms with Gasteiger partial charge in [-0.3, -0.25) is 19.9 Å². The molecule has 0 saturated carbocycles. The van der Waals surface area contributed by atoms with E-state index >= 15 is 0 Å². The highest BCUT2D eigenvalue weighted by atomic mass is 79.9. The van der Waals surface area contributed by atoms with E-state index in [1.807, 2.05) is 30.3 Å². The minimum atomic E-state index is -0.576. The second-order valence-electron chi connectivity index (χ2n) is 5.18. The minimum Gasteiger partial charge on any atom is -0.326 e. The van der Waals surface area contributed by atoms with E-state index in [-0.39, 0.29) is 23.4 Å². The highest BCUT2D eigenvalue weighted by Crippen LogP contribution is 2.32. The van der Waals surface area contributed by atoms with Gasteiger partial charge in [0.1, 0.15) is 5.25 Å². The predicted molar refractivity (Wildman–Crippen MR) is 100 cm³/mol. The maximum atomic E-state index is 12.5. The van der Waals surface area contributed by atoms with Crippen LogP contribution in [0.4, 0.5) is 11.4 Å². The molecule has 24 heavy (non-hydrogen) atoms. The Hall–Kier alpha value is -2.12. The number of benzene rings is 2. The van der Waals surface area contributed by atoms with Gasteiger partial charge in [0.15, 0.2) is 5.17 Å². The van der Waals surface area contributed by atoms with E-state index in [1.54, 1.807) is 24.3 Å². The smallest absolute Gasteiger partial charge is 0.247 e. The Morgan fingerprint density at radius 1 is 1.17 bits per heavy atom. The standard InChI is InChI=1S/C17H14BrN3O2S/c18-11-6-8-12(9-7-11)20-15(22)10-14-16(23)21(17(19)24-14)13-4-2-1-3-5-13/h1-9,14,19H,10H2,(H,20,22). The van der Waals surface area contributed by atoms with Crippen LogP contribution in [-0.2, 0) is 9.59 Å². The highest BCUT2D eigenvalue weighted by Gasteiger charge is 2.39. The number of amidine groups is 1. The van der Waals surface area contributed by atoms with Gasteiger partial charge in [-0.1, -0.05) is 45.9 Å². The second kappa shape index (κ2) is 7.19. The predicted octanol–water partition coefficient (Wildman–Crippen LogP) is 3.86. The lowest BCUT2D eigenvalue weighted by Gasteiger charge is -2.15. The molecule has 0 aromatic heterocycles. The van der Waals surface area contributed by atoms with Crippen molar-refractivity contribution < 1.29 is 9.59 Å². The largest absolute Gasteiger partial charge is 0.326 e. The third-order valence-electron chi connectivity index (χ3n) is 3.47. The van der Waals surface area contributed by atoms with E-state index in [1.165, 1.54) is 4.90 Å². The monoisotopic (exact) mass is 403 g/mol. The molecule has 1 heterocycles.